The Hall–Kier alpha value is -0.0900. The Morgan fingerprint density at radius 3 is 2.58 bits per heavy atom. The van der Waals surface area contributed by atoms with Crippen LogP contribution in [-0.4, -0.2) is 32.1 Å². The lowest BCUT2D eigenvalue weighted by molar-refractivity contribution is 0.279. The maximum absolute atomic E-state index is 6.32. The standard InChI is InChI=1S/C15H24BrClN2/c1-11(2)10-19(4)8-7-15(18-3)13-6-5-12(16)9-14(13)17/h5-6,9,11,15,18H,7-8,10H2,1-4H3. The third kappa shape index (κ3) is 5.82. The van der Waals surface area contributed by atoms with Gasteiger partial charge in [-0.2, -0.15) is 0 Å². The highest BCUT2D eigenvalue weighted by molar-refractivity contribution is 9.10. The van der Waals surface area contributed by atoms with E-state index in [2.05, 4.69) is 53.1 Å². The van der Waals surface area contributed by atoms with Gasteiger partial charge in [-0.15, -0.1) is 0 Å². The van der Waals surface area contributed by atoms with E-state index in [0.29, 0.717) is 12.0 Å². The highest BCUT2D eigenvalue weighted by Crippen LogP contribution is 2.28. The van der Waals surface area contributed by atoms with Crippen LogP contribution >= 0.6 is 27.5 Å². The third-order valence-electron chi connectivity index (χ3n) is 3.16. The van der Waals surface area contributed by atoms with Crippen molar-refractivity contribution in [2.24, 2.45) is 5.92 Å². The smallest absolute Gasteiger partial charge is 0.0465 e. The van der Waals surface area contributed by atoms with Crippen molar-refractivity contribution in [1.29, 1.82) is 0 Å². The monoisotopic (exact) mass is 346 g/mol. The van der Waals surface area contributed by atoms with E-state index < -0.39 is 0 Å². The van der Waals surface area contributed by atoms with Crippen molar-refractivity contribution >= 4 is 27.5 Å². The van der Waals surface area contributed by atoms with Gasteiger partial charge in [0.1, 0.15) is 0 Å². The minimum absolute atomic E-state index is 0.301. The predicted octanol–water partition coefficient (Wildman–Crippen LogP) is 4.34. The molecule has 0 aromatic heterocycles. The first-order valence-corrected chi connectivity index (χ1v) is 7.92. The fourth-order valence-electron chi connectivity index (χ4n) is 2.30. The van der Waals surface area contributed by atoms with E-state index in [-0.39, 0.29) is 0 Å². The van der Waals surface area contributed by atoms with E-state index in [1.807, 2.05) is 19.2 Å². The Labute approximate surface area is 130 Å². The summed E-state index contributed by atoms with van der Waals surface area (Å²) in [6.45, 7) is 6.69. The molecule has 0 saturated heterocycles. The molecule has 1 unspecified atom stereocenters. The summed E-state index contributed by atoms with van der Waals surface area (Å²) in [4.78, 5) is 2.38. The number of hydrogen-bond donors (Lipinski definition) is 1. The van der Waals surface area contributed by atoms with Crippen molar-refractivity contribution in [1.82, 2.24) is 10.2 Å². The van der Waals surface area contributed by atoms with Gasteiger partial charge < -0.3 is 10.2 Å². The molecule has 0 aliphatic rings. The van der Waals surface area contributed by atoms with Crippen molar-refractivity contribution in [3.63, 3.8) is 0 Å². The average Bonchev–Trinajstić information content (AvgIpc) is 2.31. The zero-order valence-electron chi connectivity index (χ0n) is 12.2. The number of benzene rings is 1. The largest absolute Gasteiger partial charge is 0.313 e. The van der Waals surface area contributed by atoms with Crippen LogP contribution in [0.2, 0.25) is 5.02 Å². The van der Waals surface area contributed by atoms with E-state index in [4.69, 9.17) is 11.6 Å². The normalized spacial score (nSPS) is 13.3. The second kappa shape index (κ2) is 8.25. The molecule has 1 N–H and O–H groups in total. The maximum atomic E-state index is 6.32. The van der Waals surface area contributed by atoms with Crippen LogP contribution in [0.1, 0.15) is 31.9 Å². The van der Waals surface area contributed by atoms with Gasteiger partial charge in [0, 0.05) is 22.1 Å². The molecular weight excluding hydrogens is 324 g/mol. The fourth-order valence-corrected chi connectivity index (χ4v) is 3.11. The van der Waals surface area contributed by atoms with Gasteiger partial charge in [0.25, 0.3) is 0 Å². The molecule has 0 radical (unpaired) electrons. The quantitative estimate of drug-likeness (QED) is 0.789. The fraction of sp³-hybridized carbons (Fsp3) is 0.600. The summed E-state index contributed by atoms with van der Waals surface area (Å²) in [5.41, 5.74) is 1.17. The van der Waals surface area contributed by atoms with Gasteiger partial charge in [0.05, 0.1) is 0 Å². The molecule has 0 heterocycles. The molecule has 0 aliphatic carbocycles. The second-order valence-corrected chi connectivity index (χ2v) is 6.77. The number of halogens is 2. The molecule has 108 valence electrons. The van der Waals surface area contributed by atoms with Crippen LogP contribution in [0.3, 0.4) is 0 Å². The Morgan fingerprint density at radius 2 is 2.05 bits per heavy atom. The summed E-state index contributed by atoms with van der Waals surface area (Å²) >= 11 is 9.76. The van der Waals surface area contributed by atoms with Crippen LogP contribution in [0.5, 0.6) is 0 Å². The summed E-state index contributed by atoms with van der Waals surface area (Å²) in [6.07, 6.45) is 1.06. The van der Waals surface area contributed by atoms with Gasteiger partial charge >= 0.3 is 0 Å². The number of nitrogens with zero attached hydrogens (tertiary/aromatic N) is 1. The molecule has 0 saturated carbocycles. The summed E-state index contributed by atoms with van der Waals surface area (Å²) < 4.78 is 1.02. The zero-order chi connectivity index (χ0) is 14.4. The highest BCUT2D eigenvalue weighted by Gasteiger charge is 2.14. The molecule has 0 bridgehead atoms. The van der Waals surface area contributed by atoms with E-state index in [0.717, 1.165) is 29.0 Å². The van der Waals surface area contributed by atoms with Gasteiger partial charge in [-0.1, -0.05) is 47.4 Å². The highest BCUT2D eigenvalue weighted by atomic mass is 79.9. The second-order valence-electron chi connectivity index (χ2n) is 5.45. The average molecular weight is 348 g/mol. The minimum atomic E-state index is 0.301. The molecular formula is C15H24BrClN2. The van der Waals surface area contributed by atoms with Crippen LogP contribution in [0.15, 0.2) is 22.7 Å². The molecule has 1 aromatic carbocycles. The minimum Gasteiger partial charge on any atom is -0.313 e. The number of rotatable bonds is 7. The summed E-state index contributed by atoms with van der Waals surface area (Å²) in [5.74, 6) is 0.703. The van der Waals surface area contributed by atoms with Crippen molar-refractivity contribution in [2.45, 2.75) is 26.3 Å². The van der Waals surface area contributed by atoms with Gasteiger partial charge in [-0.25, -0.2) is 0 Å². The van der Waals surface area contributed by atoms with Gasteiger partial charge in [0.15, 0.2) is 0 Å². The third-order valence-corrected chi connectivity index (χ3v) is 3.98. The summed E-state index contributed by atoms with van der Waals surface area (Å²) in [5, 5.41) is 4.18. The van der Waals surface area contributed by atoms with Gasteiger partial charge in [-0.3, -0.25) is 0 Å². The van der Waals surface area contributed by atoms with Gasteiger partial charge in [-0.05, 0) is 50.7 Å². The Bertz CT molecular complexity index is 396. The lowest BCUT2D eigenvalue weighted by Gasteiger charge is -2.23. The van der Waals surface area contributed by atoms with E-state index in [1.165, 1.54) is 5.56 Å². The first kappa shape index (κ1) is 17.0. The Morgan fingerprint density at radius 1 is 1.37 bits per heavy atom. The molecule has 1 aromatic rings. The first-order valence-electron chi connectivity index (χ1n) is 6.74. The predicted molar refractivity (Wildman–Crippen MR) is 87.9 cm³/mol. The molecule has 0 aliphatic heterocycles. The molecule has 0 spiro atoms. The maximum Gasteiger partial charge on any atom is 0.0465 e. The molecule has 19 heavy (non-hydrogen) atoms. The number of hydrogen-bond acceptors (Lipinski definition) is 2. The van der Waals surface area contributed by atoms with Crippen molar-refractivity contribution in [3.8, 4) is 0 Å². The summed E-state index contributed by atoms with van der Waals surface area (Å²) in [7, 11) is 4.17. The van der Waals surface area contributed by atoms with E-state index in [1.54, 1.807) is 0 Å². The Kier molecular flexibility index (Phi) is 7.37. The van der Waals surface area contributed by atoms with Crippen molar-refractivity contribution in [2.75, 3.05) is 27.2 Å². The van der Waals surface area contributed by atoms with Crippen LogP contribution < -0.4 is 5.32 Å². The Balaban J connectivity index is 2.63. The van der Waals surface area contributed by atoms with Crippen LogP contribution in [0, 0.1) is 5.92 Å². The van der Waals surface area contributed by atoms with Crippen LogP contribution in [-0.2, 0) is 0 Å². The van der Waals surface area contributed by atoms with E-state index >= 15 is 0 Å². The molecule has 0 amide bonds. The molecule has 1 atom stereocenters. The SMILES string of the molecule is CNC(CCN(C)CC(C)C)c1ccc(Br)cc1Cl. The first-order chi connectivity index (χ1) is 8.93. The van der Waals surface area contributed by atoms with Crippen LogP contribution in [0.4, 0.5) is 0 Å². The molecule has 4 heteroatoms. The molecule has 1 rings (SSSR count). The van der Waals surface area contributed by atoms with Crippen LogP contribution in [0.25, 0.3) is 0 Å². The molecule has 0 fully saturated rings. The summed E-state index contributed by atoms with van der Waals surface area (Å²) in [6, 6.07) is 6.40. The topological polar surface area (TPSA) is 15.3 Å². The van der Waals surface area contributed by atoms with E-state index in [9.17, 15) is 0 Å². The van der Waals surface area contributed by atoms with Gasteiger partial charge in [0.2, 0.25) is 0 Å². The lowest BCUT2D eigenvalue weighted by atomic mass is 10.0. The number of nitrogens with one attached hydrogen (secondary N) is 1. The zero-order valence-corrected chi connectivity index (χ0v) is 14.6. The molecule has 2 nitrogen and oxygen atoms in total. The van der Waals surface area contributed by atoms with Crippen molar-refractivity contribution in [3.05, 3.63) is 33.3 Å². The lowest BCUT2D eigenvalue weighted by Crippen LogP contribution is -2.28. The van der Waals surface area contributed by atoms with Crippen molar-refractivity contribution < 1.29 is 0 Å².